The highest BCUT2D eigenvalue weighted by Crippen LogP contribution is 2.41. The third kappa shape index (κ3) is 3.42. The van der Waals surface area contributed by atoms with E-state index in [-0.39, 0.29) is 11.0 Å². The number of ether oxygens (including phenoxy) is 1. The predicted octanol–water partition coefficient (Wildman–Crippen LogP) is 1.32. The van der Waals surface area contributed by atoms with Crippen molar-refractivity contribution in [1.29, 1.82) is 0 Å². The zero-order valence-electron chi connectivity index (χ0n) is 15.0. The molecule has 3 rings (SSSR count). The minimum atomic E-state index is -0.671. The number of aromatic nitrogens is 2. The lowest BCUT2D eigenvalue weighted by molar-refractivity contribution is 0.0940. The summed E-state index contributed by atoms with van der Waals surface area (Å²) < 4.78 is 6.40. The first-order chi connectivity index (χ1) is 12.4. The smallest absolute Gasteiger partial charge is 0.328 e. The monoisotopic (exact) mass is 357 g/mol. The van der Waals surface area contributed by atoms with Crippen LogP contribution in [-0.4, -0.2) is 29.1 Å². The summed E-state index contributed by atoms with van der Waals surface area (Å²) in [5, 5.41) is 2.89. The van der Waals surface area contributed by atoms with E-state index in [1.54, 1.807) is 7.11 Å². The quantitative estimate of drug-likeness (QED) is 0.844. The van der Waals surface area contributed by atoms with Crippen LogP contribution in [0.3, 0.4) is 0 Å². The molecule has 2 aromatic rings. The SMILES string of the molecule is COc1ccc(C2(CNC(=O)c3cn(C)c(=O)[nH]c3=O)CCCC2)cc1. The van der Waals surface area contributed by atoms with Crippen LogP contribution in [0.25, 0.3) is 0 Å². The van der Waals surface area contributed by atoms with Crippen molar-refractivity contribution < 1.29 is 9.53 Å². The molecular formula is C19H23N3O4. The van der Waals surface area contributed by atoms with Crippen molar-refractivity contribution in [1.82, 2.24) is 14.9 Å². The zero-order chi connectivity index (χ0) is 18.7. The number of methoxy groups -OCH3 is 1. The number of aromatic amines is 1. The van der Waals surface area contributed by atoms with Gasteiger partial charge >= 0.3 is 5.69 Å². The highest BCUT2D eigenvalue weighted by Gasteiger charge is 2.36. The Bertz CT molecular complexity index is 906. The van der Waals surface area contributed by atoms with Crippen LogP contribution in [0.5, 0.6) is 5.75 Å². The van der Waals surface area contributed by atoms with Gasteiger partial charge in [-0.25, -0.2) is 4.79 Å². The molecule has 1 aliphatic carbocycles. The summed E-state index contributed by atoms with van der Waals surface area (Å²) in [6.45, 7) is 0.445. The fraction of sp³-hybridized carbons (Fsp3) is 0.421. The van der Waals surface area contributed by atoms with Gasteiger partial charge in [0, 0.05) is 25.2 Å². The standard InChI is InChI=1S/C19H23N3O4/c1-22-11-15(17(24)21-18(22)25)16(23)20-12-19(9-3-4-10-19)13-5-7-14(26-2)8-6-13/h5-8,11H,3-4,9-10,12H2,1-2H3,(H,20,23)(H,21,24,25). The first-order valence-corrected chi connectivity index (χ1v) is 8.68. The molecule has 0 unspecified atom stereocenters. The number of carbonyl (C=O) groups is 1. The molecule has 1 aliphatic rings. The second-order valence-electron chi connectivity index (χ2n) is 6.81. The number of carbonyl (C=O) groups excluding carboxylic acids is 1. The normalized spacial score (nSPS) is 15.6. The number of hydrogen-bond acceptors (Lipinski definition) is 4. The lowest BCUT2D eigenvalue weighted by Gasteiger charge is -2.30. The largest absolute Gasteiger partial charge is 0.497 e. The van der Waals surface area contributed by atoms with Crippen molar-refractivity contribution >= 4 is 5.91 Å². The molecular weight excluding hydrogens is 334 g/mol. The van der Waals surface area contributed by atoms with E-state index in [0.29, 0.717) is 6.54 Å². The molecule has 138 valence electrons. The van der Waals surface area contributed by atoms with Crippen molar-refractivity contribution in [2.24, 2.45) is 7.05 Å². The topological polar surface area (TPSA) is 93.2 Å². The van der Waals surface area contributed by atoms with E-state index < -0.39 is 17.2 Å². The third-order valence-electron chi connectivity index (χ3n) is 5.20. The molecule has 0 spiro atoms. The molecule has 0 aliphatic heterocycles. The van der Waals surface area contributed by atoms with Crippen LogP contribution in [0.15, 0.2) is 40.1 Å². The fourth-order valence-corrected chi connectivity index (χ4v) is 3.63. The van der Waals surface area contributed by atoms with E-state index in [0.717, 1.165) is 37.0 Å². The maximum absolute atomic E-state index is 12.5. The van der Waals surface area contributed by atoms with Gasteiger partial charge in [-0.15, -0.1) is 0 Å². The fourth-order valence-electron chi connectivity index (χ4n) is 3.63. The summed E-state index contributed by atoms with van der Waals surface area (Å²) in [4.78, 5) is 38.0. The van der Waals surface area contributed by atoms with Gasteiger partial charge in [0.05, 0.1) is 7.11 Å². The number of H-pyrrole nitrogens is 1. The highest BCUT2D eigenvalue weighted by atomic mass is 16.5. The van der Waals surface area contributed by atoms with E-state index >= 15 is 0 Å². The van der Waals surface area contributed by atoms with Crippen LogP contribution < -0.4 is 21.3 Å². The number of nitrogens with one attached hydrogen (secondary N) is 2. The van der Waals surface area contributed by atoms with Gasteiger partial charge in [0.25, 0.3) is 11.5 Å². The Morgan fingerprint density at radius 1 is 1.23 bits per heavy atom. The zero-order valence-corrected chi connectivity index (χ0v) is 15.0. The average molecular weight is 357 g/mol. The van der Waals surface area contributed by atoms with Gasteiger partial charge in [-0.3, -0.25) is 14.6 Å². The lowest BCUT2D eigenvalue weighted by atomic mass is 9.78. The minimum absolute atomic E-state index is 0.0602. The number of amides is 1. The molecule has 0 atom stereocenters. The van der Waals surface area contributed by atoms with Crippen LogP contribution in [-0.2, 0) is 12.5 Å². The van der Waals surface area contributed by atoms with E-state index in [1.165, 1.54) is 17.8 Å². The maximum atomic E-state index is 12.5. The molecule has 26 heavy (non-hydrogen) atoms. The average Bonchev–Trinajstić information content (AvgIpc) is 3.13. The lowest BCUT2D eigenvalue weighted by Crippen LogP contribution is -2.42. The Balaban J connectivity index is 1.81. The van der Waals surface area contributed by atoms with Crippen LogP contribution in [0.1, 0.15) is 41.6 Å². The van der Waals surface area contributed by atoms with Crippen molar-refractivity contribution in [3.63, 3.8) is 0 Å². The van der Waals surface area contributed by atoms with Gasteiger partial charge in [0.15, 0.2) is 0 Å². The van der Waals surface area contributed by atoms with E-state index in [2.05, 4.69) is 10.3 Å². The van der Waals surface area contributed by atoms with Gasteiger partial charge in [-0.1, -0.05) is 25.0 Å². The Morgan fingerprint density at radius 3 is 2.50 bits per heavy atom. The molecule has 2 N–H and O–H groups in total. The van der Waals surface area contributed by atoms with Gasteiger partial charge in [0.1, 0.15) is 11.3 Å². The molecule has 1 aromatic heterocycles. The maximum Gasteiger partial charge on any atom is 0.328 e. The van der Waals surface area contributed by atoms with Gasteiger partial charge in [-0.05, 0) is 30.5 Å². The molecule has 7 heteroatoms. The summed E-state index contributed by atoms with van der Waals surface area (Å²) in [7, 11) is 3.12. The van der Waals surface area contributed by atoms with Crippen LogP contribution in [0.4, 0.5) is 0 Å². The number of benzene rings is 1. The van der Waals surface area contributed by atoms with Crippen molar-refractivity contribution in [2.75, 3.05) is 13.7 Å². The van der Waals surface area contributed by atoms with Crippen LogP contribution in [0, 0.1) is 0 Å². The van der Waals surface area contributed by atoms with Gasteiger partial charge < -0.3 is 14.6 Å². The molecule has 0 saturated heterocycles. The second-order valence-corrected chi connectivity index (χ2v) is 6.81. The Labute approximate surface area is 151 Å². The summed E-state index contributed by atoms with van der Waals surface area (Å²) in [6, 6.07) is 7.93. The Kier molecular flexibility index (Phi) is 4.97. The summed E-state index contributed by atoms with van der Waals surface area (Å²) in [5.74, 6) is 0.323. The molecule has 0 bridgehead atoms. The molecule has 0 radical (unpaired) electrons. The van der Waals surface area contributed by atoms with Gasteiger partial charge in [0.2, 0.25) is 0 Å². The Hall–Kier alpha value is -2.83. The molecule has 1 fully saturated rings. The van der Waals surface area contributed by atoms with Gasteiger partial charge in [-0.2, -0.15) is 0 Å². The van der Waals surface area contributed by atoms with E-state index in [9.17, 15) is 14.4 Å². The summed E-state index contributed by atoms with van der Waals surface area (Å²) >= 11 is 0. The summed E-state index contributed by atoms with van der Waals surface area (Å²) in [5.41, 5.74) is -0.261. The molecule has 1 heterocycles. The van der Waals surface area contributed by atoms with E-state index in [4.69, 9.17) is 4.74 Å². The van der Waals surface area contributed by atoms with Crippen LogP contribution >= 0.6 is 0 Å². The number of rotatable bonds is 5. The number of aryl methyl sites for hydroxylation is 1. The number of nitrogens with zero attached hydrogens (tertiary/aromatic N) is 1. The minimum Gasteiger partial charge on any atom is -0.497 e. The first kappa shape index (κ1) is 18.0. The predicted molar refractivity (Wildman–Crippen MR) is 97.8 cm³/mol. The molecule has 1 saturated carbocycles. The highest BCUT2D eigenvalue weighted by molar-refractivity contribution is 5.93. The summed E-state index contributed by atoms with van der Waals surface area (Å²) in [6.07, 6.45) is 5.42. The van der Waals surface area contributed by atoms with Crippen molar-refractivity contribution in [2.45, 2.75) is 31.1 Å². The first-order valence-electron chi connectivity index (χ1n) is 8.68. The van der Waals surface area contributed by atoms with Crippen molar-refractivity contribution in [3.8, 4) is 5.75 Å². The van der Waals surface area contributed by atoms with Crippen LogP contribution in [0.2, 0.25) is 0 Å². The number of hydrogen-bond donors (Lipinski definition) is 2. The molecule has 7 nitrogen and oxygen atoms in total. The third-order valence-corrected chi connectivity index (χ3v) is 5.20. The second kappa shape index (κ2) is 7.19. The van der Waals surface area contributed by atoms with E-state index in [1.807, 2.05) is 24.3 Å². The van der Waals surface area contributed by atoms with Crippen molar-refractivity contribution in [3.05, 3.63) is 62.4 Å². The molecule has 1 amide bonds. The Morgan fingerprint density at radius 2 is 1.88 bits per heavy atom. The molecule has 1 aromatic carbocycles.